The van der Waals surface area contributed by atoms with E-state index in [1.807, 2.05) is 30.3 Å². The summed E-state index contributed by atoms with van der Waals surface area (Å²) in [5.41, 5.74) is 0.974. The van der Waals surface area contributed by atoms with Crippen molar-refractivity contribution < 1.29 is 5.11 Å². The van der Waals surface area contributed by atoms with Crippen molar-refractivity contribution in [1.82, 2.24) is 5.32 Å². The molecule has 0 spiro atoms. The molecule has 0 aromatic heterocycles. The number of hydrogen-bond acceptors (Lipinski definition) is 2. The number of hydrogen-bond donors (Lipinski definition) is 2. The van der Waals surface area contributed by atoms with E-state index in [2.05, 4.69) is 32.2 Å². The monoisotopic (exact) mass is 257 g/mol. The molecule has 0 aliphatic rings. The number of fused-ring (bicyclic) bond motifs is 1. The molecule has 2 heteroatoms. The van der Waals surface area contributed by atoms with Crippen molar-refractivity contribution in [1.29, 1.82) is 0 Å². The lowest BCUT2D eigenvalue weighted by Gasteiger charge is -2.21. The highest BCUT2D eigenvalue weighted by molar-refractivity contribution is 5.89. The second kappa shape index (κ2) is 6.07. The first-order valence-electron chi connectivity index (χ1n) is 7.10. The number of nitrogens with one attached hydrogen (secondary N) is 1. The van der Waals surface area contributed by atoms with Crippen molar-refractivity contribution in [2.75, 3.05) is 0 Å². The first kappa shape index (κ1) is 13.9. The van der Waals surface area contributed by atoms with Crippen molar-refractivity contribution in [3.8, 4) is 5.75 Å². The lowest BCUT2D eigenvalue weighted by molar-refractivity contribution is 0.426. The maximum absolute atomic E-state index is 10.4. The quantitative estimate of drug-likeness (QED) is 0.833. The van der Waals surface area contributed by atoms with Gasteiger partial charge in [-0.3, -0.25) is 0 Å². The van der Waals surface area contributed by atoms with Crippen LogP contribution in [0.5, 0.6) is 5.75 Å². The fourth-order valence-corrected chi connectivity index (χ4v) is 2.65. The highest BCUT2D eigenvalue weighted by atomic mass is 16.3. The molecule has 2 aromatic rings. The van der Waals surface area contributed by atoms with E-state index < -0.39 is 0 Å². The van der Waals surface area contributed by atoms with Gasteiger partial charge in [0.05, 0.1) is 0 Å². The Morgan fingerprint density at radius 1 is 1.11 bits per heavy atom. The van der Waals surface area contributed by atoms with Crippen LogP contribution in [0, 0.1) is 0 Å². The molecule has 2 N–H and O–H groups in total. The molecule has 2 rings (SSSR count). The van der Waals surface area contributed by atoms with Crippen LogP contribution in [0.3, 0.4) is 0 Å². The number of aromatic hydroxyl groups is 1. The summed E-state index contributed by atoms with van der Waals surface area (Å²) in [5, 5.41) is 16.0. The van der Waals surface area contributed by atoms with Crippen LogP contribution in [-0.4, -0.2) is 11.1 Å². The van der Waals surface area contributed by atoms with Crippen LogP contribution in [0.1, 0.15) is 45.2 Å². The summed E-state index contributed by atoms with van der Waals surface area (Å²) in [6.07, 6.45) is 2.32. The minimum Gasteiger partial charge on any atom is -0.507 e. The van der Waals surface area contributed by atoms with Crippen LogP contribution in [-0.2, 0) is 0 Å². The fourth-order valence-electron chi connectivity index (χ4n) is 2.65. The van der Waals surface area contributed by atoms with Crippen LogP contribution in [0.25, 0.3) is 10.8 Å². The second-order valence-electron chi connectivity index (χ2n) is 5.30. The molecular formula is C17H23NO. The molecule has 19 heavy (non-hydrogen) atoms. The summed E-state index contributed by atoms with van der Waals surface area (Å²) in [5.74, 6) is 0.404. The zero-order valence-electron chi connectivity index (χ0n) is 12.0. The van der Waals surface area contributed by atoms with E-state index in [-0.39, 0.29) is 6.04 Å². The van der Waals surface area contributed by atoms with E-state index in [9.17, 15) is 5.11 Å². The van der Waals surface area contributed by atoms with Crippen molar-refractivity contribution in [2.45, 2.75) is 45.7 Å². The number of phenols is 1. The van der Waals surface area contributed by atoms with Crippen LogP contribution in [0.4, 0.5) is 0 Å². The zero-order valence-corrected chi connectivity index (χ0v) is 12.0. The van der Waals surface area contributed by atoms with Gasteiger partial charge in [0.1, 0.15) is 5.75 Å². The van der Waals surface area contributed by atoms with E-state index >= 15 is 0 Å². The molecule has 2 nitrogen and oxygen atoms in total. The number of rotatable bonds is 5. The van der Waals surface area contributed by atoms with Gasteiger partial charge in [0.2, 0.25) is 0 Å². The summed E-state index contributed by atoms with van der Waals surface area (Å²) >= 11 is 0. The first-order valence-corrected chi connectivity index (χ1v) is 7.10. The molecule has 0 bridgehead atoms. The molecule has 102 valence electrons. The van der Waals surface area contributed by atoms with E-state index in [1.165, 1.54) is 6.42 Å². The largest absolute Gasteiger partial charge is 0.507 e. The maximum atomic E-state index is 10.4. The van der Waals surface area contributed by atoms with Crippen molar-refractivity contribution in [3.05, 3.63) is 42.0 Å². The van der Waals surface area contributed by atoms with Crippen LogP contribution in [0.2, 0.25) is 0 Å². The highest BCUT2D eigenvalue weighted by Gasteiger charge is 2.14. The molecule has 2 atom stereocenters. The third kappa shape index (κ3) is 3.07. The molecule has 0 radical (unpaired) electrons. The van der Waals surface area contributed by atoms with Gasteiger partial charge in [-0.15, -0.1) is 0 Å². The fraction of sp³-hybridized carbons (Fsp3) is 0.412. The molecule has 0 aliphatic heterocycles. The van der Waals surface area contributed by atoms with E-state index in [4.69, 9.17) is 0 Å². The summed E-state index contributed by atoms with van der Waals surface area (Å²) in [6, 6.07) is 12.7. The van der Waals surface area contributed by atoms with Crippen molar-refractivity contribution in [2.24, 2.45) is 0 Å². The number of phenolic OH excluding ortho intramolecular Hbond substituents is 1. The van der Waals surface area contributed by atoms with Gasteiger partial charge in [0.25, 0.3) is 0 Å². The van der Waals surface area contributed by atoms with Crippen LogP contribution >= 0.6 is 0 Å². The predicted octanol–water partition coefficient (Wildman–Crippen LogP) is 4.38. The molecule has 0 heterocycles. The molecule has 0 saturated heterocycles. The first-order chi connectivity index (χ1) is 9.13. The molecule has 0 amide bonds. The van der Waals surface area contributed by atoms with E-state index in [1.54, 1.807) is 0 Å². The van der Waals surface area contributed by atoms with Crippen molar-refractivity contribution >= 4 is 10.8 Å². The second-order valence-corrected chi connectivity index (χ2v) is 5.30. The SMILES string of the molecule is CCCC(C)NC(C)c1ccc2ccccc2c1O. The van der Waals surface area contributed by atoms with Gasteiger partial charge in [-0.1, -0.05) is 49.7 Å². The Balaban J connectivity index is 2.27. The summed E-state index contributed by atoms with van der Waals surface area (Å²) < 4.78 is 0. The summed E-state index contributed by atoms with van der Waals surface area (Å²) in [6.45, 7) is 6.49. The van der Waals surface area contributed by atoms with Gasteiger partial charge in [0.15, 0.2) is 0 Å². The lowest BCUT2D eigenvalue weighted by Crippen LogP contribution is -2.28. The van der Waals surface area contributed by atoms with Crippen LogP contribution < -0.4 is 5.32 Å². The molecule has 2 unspecified atom stereocenters. The average Bonchev–Trinajstić information content (AvgIpc) is 2.39. The molecule has 2 aromatic carbocycles. The topological polar surface area (TPSA) is 32.3 Å². The minimum absolute atomic E-state index is 0.158. The van der Waals surface area contributed by atoms with Gasteiger partial charge in [-0.25, -0.2) is 0 Å². The zero-order chi connectivity index (χ0) is 13.8. The summed E-state index contributed by atoms with van der Waals surface area (Å²) in [4.78, 5) is 0. The van der Waals surface area contributed by atoms with Gasteiger partial charge < -0.3 is 10.4 Å². The Kier molecular flexibility index (Phi) is 4.43. The molecule has 0 aliphatic carbocycles. The normalized spacial score (nSPS) is 14.5. The third-order valence-electron chi connectivity index (χ3n) is 3.65. The van der Waals surface area contributed by atoms with E-state index in [0.717, 1.165) is 22.8 Å². The number of benzene rings is 2. The molecule has 0 saturated carbocycles. The Morgan fingerprint density at radius 2 is 1.84 bits per heavy atom. The lowest BCUT2D eigenvalue weighted by atomic mass is 10.00. The maximum Gasteiger partial charge on any atom is 0.128 e. The summed E-state index contributed by atoms with van der Waals surface area (Å²) in [7, 11) is 0. The van der Waals surface area contributed by atoms with Crippen molar-refractivity contribution in [3.63, 3.8) is 0 Å². The molecular weight excluding hydrogens is 234 g/mol. The Hall–Kier alpha value is -1.54. The van der Waals surface area contributed by atoms with E-state index in [0.29, 0.717) is 11.8 Å². The standard InChI is InChI=1S/C17H23NO/c1-4-7-12(2)18-13(3)15-11-10-14-8-5-6-9-16(14)17(15)19/h5-6,8-13,18-19H,4,7H2,1-3H3. The smallest absolute Gasteiger partial charge is 0.128 e. The van der Waals surface area contributed by atoms with Gasteiger partial charge in [-0.2, -0.15) is 0 Å². The van der Waals surface area contributed by atoms with Gasteiger partial charge >= 0.3 is 0 Å². The molecule has 0 fully saturated rings. The van der Waals surface area contributed by atoms with Gasteiger partial charge in [-0.05, 0) is 25.7 Å². The Labute approximate surface area is 115 Å². The van der Waals surface area contributed by atoms with Gasteiger partial charge in [0, 0.05) is 23.0 Å². The average molecular weight is 257 g/mol. The van der Waals surface area contributed by atoms with Crippen LogP contribution in [0.15, 0.2) is 36.4 Å². The Bertz CT molecular complexity index is 550. The highest BCUT2D eigenvalue weighted by Crippen LogP contribution is 2.32. The predicted molar refractivity (Wildman–Crippen MR) is 81.5 cm³/mol. The minimum atomic E-state index is 0.158. The Morgan fingerprint density at radius 3 is 2.58 bits per heavy atom. The third-order valence-corrected chi connectivity index (χ3v) is 3.65.